The lowest BCUT2D eigenvalue weighted by atomic mass is 10.2. The van der Waals surface area contributed by atoms with Gasteiger partial charge in [0.1, 0.15) is 5.69 Å². The van der Waals surface area contributed by atoms with Gasteiger partial charge in [0.2, 0.25) is 0 Å². The molecule has 0 atom stereocenters. The van der Waals surface area contributed by atoms with E-state index in [4.69, 9.17) is 5.26 Å². The largest absolute Gasteiger partial charge is 0.433 e. The van der Waals surface area contributed by atoms with Crippen LogP contribution in [0.4, 0.5) is 13.2 Å². The minimum atomic E-state index is -4.42. The lowest BCUT2D eigenvalue weighted by Gasteiger charge is -2.04. The summed E-state index contributed by atoms with van der Waals surface area (Å²) in [5.74, 6) is 0. The van der Waals surface area contributed by atoms with Crippen LogP contribution >= 0.6 is 0 Å². The summed E-state index contributed by atoms with van der Waals surface area (Å²) in [4.78, 5) is 3.22. The number of rotatable bonds is 1. The SMILES string of the molecule is N#CC=Cc1ccc(C(F)(F)F)nc1. The predicted octanol–water partition coefficient (Wildman–Crippen LogP) is 2.64. The summed E-state index contributed by atoms with van der Waals surface area (Å²) >= 11 is 0. The lowest BCUT2D eigenvalue weighted by Crippen LogP contribution is -2.07. The number of halogens is 3. The van der Waals surface area contributed by atoms with Crippen LogP contribution in [0, 0.1) is 11.3 Å². The molecule has 0 bridgehead atoms. The van der Waals surface area contributed by atoms with Crippen LogP contribution in [-0.2, 0) is 6.18 Å². The normalized spacial score (nSPS) is 11.6. The highest BCUT2D eigenvalue weighted by molar-refractivity contribution is 5.50. The molecule has 0 aliphatic rings. The summed E-state index contributed by atoms with van der Waals surface area (Å²) in [6.07, 6.45) is -0.800. The summed E-state index contributed by atoms with van der Waals surface area (Å²) in [5, 5.41) is 8.17. The third-order valence-electron chi connectivity index (χ3n) is 1.43. The second-order valence-electron chi connectivity index (χ2n) is 2.44. The van der Waals surface area contributed by atoms with Gasteiger partial charge >= 0.3 is 6.18 Å². The molecule has 0 spiro atoms. The van der Waals surface area contributed by atoms with Crippen LogP contribution in [-0.4, -0.2) is 4.98 Å². The third-order valence-corrected chi connectivity index (χ3v) is 1.43. The molecule has 14 heavy (non-hydrogen) atoms. The molecule has 0 fully saturated rings. The molecule has 0 saturated heterocycles. The number of aromatic nitrogens is 1. The Hall–Kier alpha value is -1.83. The molecular formula is C9H5F3N2. The van der Waals surface area contributed by atoms with Crippen LogP contribution in [0.25, 0.3) is 6.08 Å². The molecule has 0 aliphatic heterocycles. The van der Waals surface area contributed by atoms with E-state index in [9.17, 15) is 13.2 Å². The third kappa shape index (κ3) is 2.59. The zero-order valence-electron chi connectivity index (χ0n) is 6.92. The number of allylic oxidation sites excluding steroid dienone is 1. The lowest BCUT2D eigenvalue weighted by molar-refractivity contribution is -0.141. The Labute approximate surface area is 78.3 Å². The number of pyridine rings is 1. The number of alkyl halides is 3. The molecule has 2 nitrogen and oxygen atoms in total. The Kier molecular flexibility index (Phi) is 2.87. The van der Waals surface area contributed by atoms with Crippen LogP contribution < -0.4 is 0 Å². The molecule has 0 N–H and O–H groups in total. The Morgan fingerprint density at radius 3 is 2.50 bits per heavy atom. The van der Waals surface area contributed by atoms with Crippen molar-refractivity contribution in [3.8, 4) is 6.07 Å². The molecule has 0 radical (unpaired) electrons. The van der Waals surface area contributed by atoms with Gasteiger partial charge in [0, 0.05) is 12.3 Å². The van der Waals surface area contributed by atoms with E-state index in [0.29, 0.717) is 5.56 Å². The highest BCUT2D eigenvalue weighted by atomic mass is 19.4. The Bertz CT molecular complexity index is 371. The Balaban J connectivity index is 2.91. The molecule has 5 heteroatoms. The van der Waals surface area contributed by atoms with E-state index in [1.807, 2.05) is 0 Å². The minimum absolute atomic E-state index is 0.458. The average Bonchev–Trinajstić information content (AvgIpc) is 2.14. The first-order valence-corrected chi connectivity index (χ1v) is 3.63. The van der Waals surface area contributed by atoms with Crippen molar-refractivity contribution in [1.82, 2.24) is 4.98 Å². The van der Waals surface area contributed by atoms with Crippen molar-refractivity contribution in [3.63, 3.8) is 0 Å². The van der Waals surface area contributed by atoms with Gasteiger partial charge in [0.25, 0.3) is 0 Å². The van der Waals surface area contributed by atoms with E-state index in [1.54, 1.807) is 6.07 Å². The topological polar surface area (TPSA) is 36.7 Å². The molecule has 0 saturated carbocycles. The maximum Gasteiger partial charge on any atom is 0.433 e. The van der Waals surface area contributed by atoms with Gasteiger partial charge in [-0.1, -0.05) is 6.07 Å². The van der Waals surface area contributed by atoms with Crippen molar-refractivity contribution in [2.45, 2.75) is 6.18 Å². The Morgan fingerprint density at radius 2 is 2.07 bits per heavy atom. The average molecular weight is 198 g/mol. The molecule has 1 heterocycles. The molecule has 1 rings (SSSR count). The quantitative estimate of drug-likeness (QED) is 0.650. The fourth-order valence-corrected chi connectivity index (χ4v) is 0.805. The molecule has 1 aromatic heterocycles. The van der Waals surface area contributed by atoms with Crippen LogP contribution in [0.3, 0.4) is 0 Å². The summed E-state index contributed by atoms with van der Waals surface area (Å²) < 4.78 is 36.1. The van der Waals surface area contributed by atoms with E-state index >= 15 is 0 Å². The minimum Gasteiger partial charge on any atom is -0.251 e. The number of hydrogen-bond acceptors (Lipinski definition) is 2. The van der Waals surface area contributed by atoms with Crippen molar-refractivity contribution < 1.29 is 13.2 Å². The fourth-order valence-electron chi connectivity index (χ4n) is 0.805. The molecule has 0 aliphatic carbocycles. The van der Waals surface area contributed by atoms with Crippen LogP contribution in [0.1, 0.15) is 11.3 Å². The highest BCUT2D eigenvalue weighted by Crippen LogP contribution is 2.27. The summed E-state index contributed by atoms with van der Waals surface area (Å²) in [6, 6.07) is 3.86. The van der Waals surface area contributed by atoms with Crippen molar-refractivity contribution in [2.75, 3.05) is 0 Å². The van der Waals surface area contributed by atoms with Crippen molar-refractivity contribution in [2.24, 2.45) is 0 Å². The molecule has 0 amide bonds. The molecule has 72 valence electrons. The monoisotopic (exact) mass is 198 g/mol. The second-order valence-corrected chi connectivity index (χ2v) is 2.44. The van der Waals surface area contributed by atoms with E-state index in [2.05, 4.69) is 4.98 Å². The zero-order valence-corrected chi connectivity index (χ0v) is 6.92. The molecular weight excluding hydrogens is 193 g/mol. The predicted molar refractivity (Wildman–Crippen MR) is 43.9 cm³/mol. The van der Waals surface area contributed by atoms with Gasteiger partial charge in [-0.25, -0.2) is 0 Å². The number of nitriles is 1. The van der Waals surface area contributed by atoms with E-state index in [-0.39, 0.29) is 0 Å². The van der Waals surface area contributed by atoms with Crippen molar-refractivity contribution >= 4 is 6.08 Å². The first-order chi connectivity index (χ1) is 6.54. The molecule has 0 unspecified atom stereocenters. The van der Waals surface area contributed by atoms with Crippen molar-refractivity contribution in [3.05, 3.63) is 35.7 Å². The van der Waals surface area contributed by atoms with E-state index < -0.39 is 11.9 Å². The zero-order chi connectivity index (χ0) is 10.6. The van der Waals surface area contributed by atoms with E-state index in [1.165, 1.54) is 18.2 Å². The van der Waals surface area contributed by atoms with E-state index in [0.717, 1.165) is 12.3 Å². The first-order valence-electron chi connectivity index (χ1n) is 3.63. The van der Waals surface area contributed by atoms with Crippen molar-refractivity contribution in [1.29, 1.82) is 5.26 Å². The fraction of sp³-hybridized carbons (Fsp3) is 0.111. The maximum absolute atomic E-state index is 12.0. The van der Waals surface area contributed by atoms with Gasteiger partial charge in [-0.15, -0.1) is 0 Å². The van der Waals surface area contributed by atoms with Gasteiger partial charge in [-0.2, -0.15) is 18.4 Å². The smallest absolute Gasteiger partial charge is 0.251 e. The number of nitrogens with zero attached hydrogens (tertiary/aromatic N) is 2. The summed E-state index contributed by atoms with van der Waals surface area (Å²) in [6.45, 7) is 0. The maximum atomic E-state index is 12.0. The van der Waals surface area contributed by atoms with Gasteiger partial charge in [0.05, 0.1) is 6.07 Å². The molecule has 0 aromatic carbocycles. The van der Waals surface area contributed by atoms with Gasteiger partial charge in [0.15, 0.2) is 0 Å². The summed E-state index contributed by atoms with van der Waals surface area (Å²) in [5.41, 5.74) is -0.480. The second kappa shape index (κ2) is 3.92. The standard InChI is InChI=1S/C9H5F3N2/c10-9(11,12)8-4-3-7(6-14-8)2-1-5-13/h1-4,6H. The van der Waals surface area contributed by atoms with Gasteiger partial charge < -0.3 is 0 Å². The van der Waals surface area contributed by atoms with Gasteiger partial charge in [-0.3, -0.25) is 4.98 Å². The molecule has 1 aromatic rings. The van der Waals surface area contributed by atoms with Crippen LogP contribution in [0.15, 0.2) is 24.4 Å². The van der Waals surface area contributed by atoms with Gasteiger partial charge in [-0.05, 0) is 17.7 Å². The number of hydrogen-bond donors (Lipinski definition) is 0. The summed E-state index contributed by atoms with van der Waals surface area (Å²) in [7, 11) is 0. The van der Waals surface area contributed by atoms with Crippen LogP contribution in [0.5, 0.6) is 0 Å². The van der Waals surface area contributed by atoms with Crippen LogP contribution in [0.2, 0.25) is 0 Å². The highest BCUT2D eigenvalue weighted by Gasteiger charge is 2.31. The first kappa shape index (κ1) is 10.3. The Morgan fingerprint density at radius 1 is 1.36 bits per heavy atom.